The molecule has 0 unspecified atom stereocenters. The van der Waals surface area contributed by atoms with Crippen LogP contribution < -0.4 is 10.6 Å². The molecule has 12 heteroatoms. The van der Waals surface area contributed by atoms with Crippen LogP contribution >= 0.6 is 46.6 Å². The fourth-order valence-corrected chi connectivity index (χ4v) is 5.24. The lowest BCUT2D eigenvalue weighted by Crippen LogP contribution is -2.51. The Labute approximate surface area is 239 Å². The zero-order valence-corrected chi connectivity index (χ0v) is 23.5. The summed E-state index contributed by atoms with van der Waals surface area (Å²) in [6, 6.07) is 8.54. The van der Waals surface area contributed by atoms with Gasteiger partial charge in [0, 0.05) is 47.1 Å². The molecule has 1 atom stereocenters. The lowest BCUT2D eigenvalue weighted by atomic mass is 9.95. The second kappa shape index (κ2) is 13.9. The second-order valence-corrected chi connectivity index (χ2v) is 10.6. The number of benzene rings is 2. The highest BCUT2D eigenvalue weighted by Gasteiger charge is 2.30. The smallest absolute Gasteiger partial charge is 0.328 e. The fraction of sp³-hybridized carbons (Fsp3) is 0.308. The Kier molecular flexibility index (Phi) is 10.9. The quantitative estimate of drug-likeness (QED) is 0.287. The van der Waals surface area contributed by atoms with Crippen LogP contribution in [0.2, 0.25) is 15.1 Å². The molecule has 38 heavy (non-hydrogen) atoms. The van der Waals surface area contributed by atoms with Gasteiger partial charge in [0.15, 0.2) is 0 Å². The second-order valence-electron chi connectivity index (χ2n) is 8.54. The molecule has 0 aromatic heterocycles. The van der Waals surface area contributed by atoms with E-state index in [4.69, 9.17) is 34.8 Å². The summed E-state index contributed by atoms with van der Waals surface area (Å²) in [5.41, 5.74) is 0.903. The van der Waals surface area contributed by atoms with Crippen LogP contribution in [-0.4, -0.2) is 65.6 Å². The Morgan fingerprint density at radius 3 is 2.45 bits per heavy atom. The summed E-state index contributed by atoms with van der Waals surface area (Å²) in [5.74, 6) is -2.89. The summed E-state index contributed by atoms with van der Waals surface area (Å²) >= 11 is 19.9. The average molecular weight is 599 g/mol. The Hall–Kier alpha value is -2.72. The van der Waals surface area contributed by atoms with Crippen molar-refractivity contribution in [3.05, 3.63) is 68.7 Å². The van der Waals surface area contributed by atoms with Gasteiger partial charge in [0.2, 0.25) is 11.8 Å². The number of piperidine rings is 1. The van der Waals surface area contributed by atoms with E-state index < -0.39 is 29.7 Å². The molecular weight excluding hydrogens is 573 g/mol. The largest absolute Gasteiger partial charge is 0.480 e. The molecule has 0 bridgehead atoms. The fourth-order valence-electron chi connectivity index (χ4n) is 3.88. The van der Waals surface area contributed by atoms with E-state index in [2.05, 4.69) is 10.6 Å². The number of hydrogen-bond acceptors (Lipinski definition) is 5. The molecule has 3 rings (SSSR count). The van der Waals surface area contributed by atoms with Crippen LogP contribution in [0.15, 0.2) is 47.4 Å². The van der Waals surface area contributed by atoms with Crippen LogP contribution in [0, 0.1) is 5.92 Å². The van der Waals surface area contributed by atoms with Crippen LogP contribution in [0.5, 0.6) is 0 Å². The van der Waals surface area contributed by atoms with E-state index in [1.165, 1.54) is 23.9 Å². The highest BCUT2D eigenvalue weighted by molar-refractivity contribution is 7.98. The summed E-state index contributed by atoms with van der Waals surface area (Å²) in [5, 5.41) is 15.7. The third-order valence-electron chi connectivity index (χ3n) is 6.05. The van der Waals surface area contributed by atoms with E-state index in [9.17, 15) is 24.3 Å². The lowest BCUT2D eigenvalue weighted by molar-refractivity contribution is -0.142. The number of likely N-dealkylation sites (tertiary alicyclic amines) is 1. The van der Waals surface area contributed by atoms with Crippen molar-refractivity contribution in [2.75, 3.05) is 25.9 Å². The Balaban J connectivity index is 1.50. The number of nitrogens with one attached hydrogen (secondary N) is 2. The molecule has 1 fully saturated rings. The van der Waals surface area contributed by atoms with Crippen LogP contribution in [-0.2, 0) is 14.4 Å². The minimum absolute atomic E-state index is 0.225. The van der Waals surface area contributed by atoms with E-state index >= 15 is 0 Å². The molecule has 1 aliphatic heterocycles. The molecule has 3 amide bonds. The minimum Gasteiger partial charge on any atom is -0.480 e. The van der Waals surface area contributed by atoms with E-state index in [0.717, 1.165) is 4.90 Å². The summed E-state index contributed by atoms with van der Waals surface area (Å²) in [4.78, 5) is 51.8. The molecule has 3 N–H and O–H groups in total. The first-order chi connectivity index (χ1) is 18.1. The van der Waals surface area contributed by atoms with Gasteiger partial charge in [-0.2, -0.15) is 0 Å². The number of rotatable bonds is 9. The van der Waals surface area contributed by atoms with Gasteiger partial charge in [0.05, 0.1) is 10.0 Å². The third-order valence-corrected chi connectivity index (χ3v) is 8.07. The van der Waals surface area contributed by atoms with Crippen LogP contribution in [0.25, 0.3) is 6.08 Å². The molecule has 1 aliphatic rings. The maximum atomic E-state index is 12.7. The summed E-state index contributed by atoms with van der Waals surface area (Å²) < 4.78 is 0. The minimum atomic E-state index is -1.30. The third kappa shape index (κ3) is 7.89. The van der Waals surface area contributed by atoms with Gasteiger partial charge >= 0.3 is 5.97 Å². The predicted molar refractivity (Wildman–Crippen MR) is 150 cm³/mol. The van der Waals surface area contributed by atoms with Crippen LogP contribution in [0.1, 0.15) is 28.8 Å². The van der Waals surface area contributed by atoms with Gasteiger partial charge in [0.1, 0.15) is 6.04 Å². The number of carbonyl (C=O) groups excluding carboxylic acids is 3. The van der Waals surface area contributed by atoms with Gasteiger partial charge in [0.25, 0.3) is 5.91 Å². The van der Waals surface area contributed by atoms with Gasteiger partial charge in [-0.3, -0.25) is 14.4 Å². The zero-order valence-electron chi connectivity index (χ0n) is 20.4. The molecule has 0 spiro atoms. The molecule has 0 radical (unpaired) electrons. The Morgan fingerprint density at radius 1 is 1.11 bits per heavy atom. The molecule has 202 valence electrons. The molecule has 0 saturated carbocycles. The van der Waals surface area contributed by atoms with Crippen molar-refractivity contribution in [3.8, 4) is 0 Å². The summed E-state index contributed by atoms with van der Waals surface area (Å²) in [7, 11) is 0. The van der Waals surface area contributed by atoms with Gasteiger partial charge in [-0.25, -0.2) is 4.79 Å². The molecule has 8 nitrogen and oxygen atoms in total. The molecule has 2 aromatic rings. The average Bonchev–Trinajstić information content (AvgIpc) is 2.91. The normalized spacial score (nSPS) is 14.8. The zero-order chi connectivity index (χ0) is 27.8. The standard InChI is InChI=1S/C26H26Cl3N3O5S/c1-38-20-7-5-15(22(28)23(20)29)6-8-21(33)32-11-9-16(10-12-32)25(35)31-19(26(36)37)14-30-24(34)17-3-2-4-18(27)13-17/h2-8,13,16,19H,9-12,14H2,1H3,(H,30,34)(H,31,35)(H,36,37)/t19-/m0/s1. The molecular formula is C26H26Cl3N3O5S. The number of amides is 3. The van der Waals surface area contributed by atoms with Crippen molar-refractivity contribution >= 4 is 76.3 Å². The molecule has 1 heterocycles. The SMILES string of the molecule is CSc1ccc(C=CC(=O)N2CCC(C(=O)N[C@@H](CNC(=O)c3cccc(Cl)c3)C(=O)O)CC2)c(Cl)c1Cl. The number of carboxylic acids is 1. The van der Waals surface area contributed by atoms with Crippen molar-refractivity contribution < 1.29 is 24.3 Å². The number of carboxylic acid groups (broad SMARTS) is 1. The molecule has 2 aromatic carbocycles. The van der Waals surface area contributed by atoms with Gasteiger partial charge < -0.3 is 20.6 Å². The van der Waals surface area contributed by atoms with Crippen molar-refractivity contribution in [1.82, 2.24) is 15.5 Å². The number of halogens is 3. The van der Waals surface area contributed by atoms with E-state index in [1.807, 2.05) is 12.3 Å². The Bertz CT molecular complexity index is 1250. The topological polar surface area (TPSA) is 116 Å². The van der Waals surface area contributed by atoms with Crippen molar-refractivity contribution in [2.45, 2.75) is 23.8 Å². The van der Waals surface area contributed by atoms with E-state index in [1.54, 1.807) is 35.2 Å². The monoisotopic (exact) mass is 597 g/mol. The number of hydrogen-bond donors (Lipinski definition) is 3. The lowest BCUT2D eigenvalue weighted by Gasteiger charge is -2.31. The van der Waals surface area contributed by atoms with E-state index in [-0.39, 0.29) is 18.0 Å². The first kappa shape index (κ1) is 29.8. The first-order valence-corrected chi connectivity index (χ1v) is 14.0. The first-order valence-electron chi connectivity index (χ1n) is 11.7. The number of nitrogens with zero attached hydrogens (tertiary/aromatic N) is 1. The van der Waals surface area contributed by atoms with Crippen molar-refractivity contribution in [2.24, 2.45) is 5.92 Å². The highest BCUT2D eigenvalue weighted by atomic mass is 35.5. The Morgan fingerprint density at radius 2 is 1.82 bits per heavy atom. The maximum absolute atomic E-state index is 12.7. The van der Waals surface area contributed by atoms with Crippen LogP contribution in [0.4, 0.5) is 0 Å². The summed E-state index contributed by atoms with van der Waals surface area (Å²) in [6.07, 6.45) is 5.67. The van der Waals surface area contributed by atoms with Gasteiger partial charge in [-0.05, 0) is 55.0 Å². The van der Waals surface area contributed by atoms with Gasteiger partial charge in [-0.15, -0.1) is 11.8 Å². The summed E-state index contributed by atoms with van der Waals surface area (Å²) in [6.45, 7) is 0.383. The highest BCUT2D eigenvalue weighted by Crippen LogP contribution is 2.35. The number of thioether (sulfide) groups is 1. The molecule has 1 saturated heterocycles. The van der Waals surface area contributed by atoms with Crippen molar-refractivity contribution in [1.29, 1.82) is 0 Å². The number of aliphatic carboxylic acids is 1. The van der Waals surface area contributed by atoms with Crippen LogP contribution in [0.3, 0.4) is 0 Å². The maximum Gasteiger partial charge on any atom is 0.328 e. The van der Waals surface area contributed by atoms with Crippen molar-refractivity contribution in [3.63, 3.8) is 0 Å². The molecule has 0 aliphatic carbocycles. The van der Waals surface area contributed by atoms with Gasteiger partial charge in [-0.1, -0.05) is 46.9 Å². The predicted octanol–water partition coefficient (Wildman–Crippen LogP) is 4.62. The van der Waals surface area contributed by atoms with E-state index in [0.29, 0.717) is 46.6 Å². The number of carbonyl (C=O) groups is 4.